The molecule has 0 radical (unpaired) electrons. The zero-order valence-electron chi connectivity index (χ0n) is 15.9. The number of rotatable bonds is 6. The molecule has 1 amide bonds. The highest BCUT2D eigenvalue weighted by atomic mass is 79.9. The molecule has 1 saturated heterocycles. The summed E-state index contributed by atoms with van der Waals surface area (Å²) in [5, 5.41) is 11.2. The predicted octanol–water partition coefficient (Wildman–Crippen LogP) is 6.56. The number of thiocarbonyl (C=S) groups is 1. The monoisotopic (exact) mass is 544 g/mol. The number of carbonyl (C=O) groups excluding carboxylic acids is 1. The molecule has 6 nitrogen and oxygen atoms in total. The normalized spacial score (nSPS) is 15.4. The Hall–Kier alpha value is -2.70. The Morgan fingerprint density at radius 2 is 1.94 bits per heavy atom. The van der Waals surface area contributed by atoms with E-state index in [0.717, 1.165) is 17.8 Å². The number of halogens is 4. The molecule has 3 rings (SSSR count). The standard InChI is InChI=1S/C20H12BrF3N2O4S2/c1-2-7-25-18(27)17(32-19(25)31)9-11-3-5-15(13(21)8-11)30-16-6-4-12(20(22,23)24)10-14(16)26(28)29/h2-6,8-10H,1,7H2/b17-9-. The molecule has 12 heteroatoms. The van der Waals surface area contributed by atoms with E-state index in [1.165, 1.54) is 11.0 Å². The third-order valence-electron chi connectivity index (χ3n) is 4.14. The van der Waals surface area contributed by atoms with Gasteiger partial charge < -0.3 is 4.74 Å². The van der Waals surface area contributed by atoms with Crippen LogP contribution in [0, 0.1) is 10.1 Å². The number of alkyl halides is 3. The lowest BCUT2D eigenvalue weighted by Gasteiger charge is -2.11. The number of ether oxygens (including phenoxy) is 1. The molecule has 0 unspecified atom stereocenters. The van der Waals surface area contributed by atoms with Gasteiger partial charge in [0.05, 0.1) is 19.9 Å². The van der Waals surface area contributed by atoms with Crippen LogP contribution < -0.4 is 4.74 Å². The minimum Gasteiger partial charge on any atom is -0.449 e. The summed E-state index contributed by atoms with van der Waals surface area (Å²) in [6, 6.07) is 6.69. The van der Waals surface area contributed by atoms with Crippen LogP contribution in [0.4, 0.5) is 18.9 Å². The maximum absolute atomic E-state index is 12.9. The van der Waals surface area contributed by atoms with Crippen LogP contribution in [0.25, 0.3) is 6.08 Å². The molecule has 0 aliphatic carbocycles. The van der Waals surface area contributed by atoms with E-state index in [2.05, 4.69) is 22.5 Å². The minimum absolute atomic E-state index is 0.143. The van der Waals surface area contributed by atoms with Crippen LogP contribution in [-0.2, 0) is 11.0 Å². The number of hydrogen-bond donors (Lipinski definition) is 0. The zero-order valence-corrected chi connectivity index (χ0v) is 19.1. The molecule has 0 bridgehead atoms. The lowest BCUT2D eigenvalue weighted by Crippen LogP contribution is -2.27. The second kappa shape index (κ2) is 9.43. The number of hydrogen-bond acceptors (Lipinski definition) is 6. The third-order valence-corrected chi connectivity index (χ3v) is 6.14. The highest BCUT2D eigenvalue weighted by Crippen LogP contribution is 2.40. The maximum Gasteiger partial charge on any atom is 0.416 e. The first-order chi connectivity index (χ1) is 15.0. The number of benzene rings is 2. The van der Waals surface area contributed by atoms with E-state index in [1.807, 2.05) is 0 Å². The molecule has 1 aliphatic rings. The Bertz CT molecular complexity index is 1170. The SMILES string of the molecule is C=CCN1C(=O)/C(=C/c2ccc(Oc3ccc(C(F)(F)F)cc3[N+](=O)[O-])c(Br)c2)SC1=S. The number of thioether (sulfide) groups is 1. The molecular weight excluding hydrogens is 533 g/mol. The fourth-order valence-corrected chi connectivity index (χ4v) is 4.42. The molecule has 0 spiro atoms. The number of amides is 1. The highest BCUT2D eigenvalue weighted by molar-refractivity contribution is 9.10. The predicted molar refractivity (Wildman–Crippen MR) is 122 cm³/mol. The van der Waals surface area contributed by atoms with Crippen molar-refractivity contribution < 1.29 is 27.6 Å². The van der Waals surface area contributed by atoms with E-state index in [1.54, 1.807) is 24.3 Å². The van der Waals surface area contributed by atoms with Gasteiger partial charge in [-0.05, 0) is 51.8 Å². The van der Waals surface area contributed by atoms with Crippen LogP contribution in [0.2, 0.25) is 0 Å². The van der Waals surface area contributed by atoms with Crippen LogP contribution in [0.15, 0.2) is 58.4 Å². The first-order valence-corrected chi connectivity index (χ1v) is 10.7. The van der Waals surface area contributed by atoms with Crippen LogP contribution in [-0.4, -0.2) is 26.6 Å². The lowest BCUT2D eigenvalue weighted by atomic mass is 10.1. The van der Waals surface area contributed by atoms with Crippen LogP contribution in [0.1, 0.15) is 11.1 Å². The van der Waals surface area contributed by atoms with Crippen molar-refractivity contribution in [3.8, 4) is 11.5 Å². The molecule has 2 aromatic carbocycles. The fraction of sp³-hybridized carbons (Fsp3) is 0.100. The molecule has 1 heterocycles. The van der Waals surface area contributed by atoms with Crippen LogP contribution in [0.3, 0.4) is 0 Å². The zero-order chi connectivity index (χ0) is 23.6. The Labute approximate surface area is 198 Å². The Balaban J connectivity index is 1.87. The van der Waals surface area contributed by atoms with Gasteiger partial charge in [-0.1, -0.05) is 36.1 Å². The van der Waals surface area contributed by atoms with Gasteiger partial charge in [-0.15, -0.1) is 6.58 Å². The summed E-state index contributed by atoms with van der Waals surface area (Å²) >= 11 is 9.61. The summed E-state index contributed by atoms with van der Waals surface area (Å²) in [4.78, 5) is 24.5. The van der Waals surface area contributed by atoms with Gasteiger partial charge >= 0.3 is 11.9 Å². The summed E-state index contributed by atoms with van der Waals surface area (Å²) in [5.41, 5.74) is -1.35. The van der Waals surface area contributed by atoms with Crippen LogP contribution in [0.5, 0.6) is 11.5 Å². The Morgan fingerprint density at radius 1 is 1.25 bits per heavy atom. The summed E-state index contributed by atoms with van der Waals surface area (Å²) in [7, 11) is 0. The van der Waals surface area contributed by atoms with Gasteiger partial charge in [-0.25, -0.2) is 0 Å². The summed E-state index contributed by atoms with van der Waals surface area (Å²) in [6.45, 7) is 3.89. The molecule has 0 aromatic heterocycles. The molecular formula is C20H12BrF3N2O4S2. The van der Waals surface area contributed by atoms with Gasteiger partial charge in [0.2, 0.25) is 5.75 Å². The second-order valence-electron chi connectivity index (χ2n) is 6.31. The van der Waals surface area contributed by atoms with Crippen molar-refractivity contribution in [2.75, 3.05) is 6.54 Å². The van der Waals surface area contributed by atoms with Crippen molar-refractivity contribution >= 4 is 61.9 Å². The van der Waals surface area contributed by atoms with Gasteiger partial charge in [0.15, 0.2) is 0 Å². The number of nitrogens with zero attached hydrogens (tertiary/aromatic N) is 2. The molecule has 1 aliphatic heterocycles. The van der Waals surface area contributed by atoms with Gasteiger partial charge in [-0.3, -0.25) is 19.8 Å². The van der Waals surface area contributed by atoms with E-state index in [4.69, 9.17) is 17.0 Å². The number of nitro benzene ring substituents is 1. The molecule has 0 N–H and O–H groups in total. The first-order valence-electron chi connectivity index (χ1n) is 8.70. The summed E-state index contributed by atoms with van der Waals surface area (Å²) < 4.78 is 44.9. The molecule has 32 heavy (non-hydrogen) atoms. The fourth-order valence-electron chi connectivity index (χ4n) is 2.67. The smallest absolute Gasteiger partial charge is 0.416 e. The van der Waals surface area contributed by atoms with Crippen LogP contribution >= 0.6 is 39.9 Å². The topological polar surface area (TPSA) is 72.7 Å². The van der Waals surface area contributed by atoms with Gasteiger partial charge in [-0.2, -0.15) is 13.2 Å². The Kier molecular flexibility index (Phi) is 7.06. The van der Waals surface area contributed by atoms with E-state index in [-0.39, 0.29) is 17.4 Å². The van der Waals surface area contributed by atoms with Gasteiger partial charge in [0, 0.05) is 12.6 Å². The van der Waals surface area contributed by atoms with Gasteiger partial charge in [0.1, 0.15) is 10.1 Å². The van der Waals surface area contributed by atoms with Crippen molar-refractivity contribution in [3.63, 3.8) is 0 Å². The quantitative estimate of drug-likeness (QED) is 0.135. The molecule has 2 aromatic rings. The summed E-state index contributed by atoms with van der Waals surface area (Å²) in [6.07, 6.45) is -1.54. The average Bonchev–Trinajstić information content (AvgIpc) is 2.97. The van der Waals surface area contributed by atoms with Crippen molar-refractivity contribution in [2.24, 2.45) is 0 Å². The number of carbonyl (C=O) groups is 1. The Morgan fingerprint density at radius 3 is 2.53 bits per heavy atom. The van der Waals surface area contributed by atoms with E-state index >= 15 is 0 Å². The average molecular weight is 545 g/mol. The molecule has 0 atom stereocenters. The van der Waals surface area contributed by atoms with Gasteiger partial charge in [0.25, 0.3) is 5.91 Å². The molecule has 0 saturated carbocycles. The highest BCUT2D eigenvalue weighted by Gasteiger charge is 2.34. The summed E-state index contributed by atoms with van der Waals surface area (Å²) in [5.74, 6) is -0.456. The van der Waals surface area contributed by atoms with Crippen molar-refractivity contribution in [1.29, 1.82) is 0 Å². The third kappa shape index (κ3) is 5.19. The van der Waals surface area contributed by atoms with Crippen molar-refractivity contribution in [1.82, 2.24) is 4.90 Å². The second-order valence-corrected chi connectivity index (χ2v) is 8.84. The first kappa shape index (κ1) is 24.0. The van der Waals surface area contributed by atoms with E-state index in [9.17, 15) is 28.1 Å². The minimum atomic E-state index is -4.72. The van der Waals surface area contributed by atoms with Crippen molar-refractivity contribution in [3.05, 3.63) is 79.7 Å². The largest absolute Gasteiger partial charge is 0.449 e. The molecule has 1 fully saturated rings. The number of nitro groups is 1. The maximum atomic E-state index is 12.9. The lowest BCUT2D eigenvalue weighted by molar-refractivity contribution is -0.385. The van der Waals surface area contributed by atoms with E-state index in [0.29, 0.717) is 37.9 Å². The molecule has 166 valence electrons. The van der Waals surface area contributed by atoms with E-state index < -0.39 is 22.4 Å². The van der Waals surface area contributed by atoms with Crippen molar-refractivity contribution in [2.45, 2.75) is 6.18 Å².